The number of halogens is 1. The van der Waals surface area contributed by atoms with Gasteiger partial charge in [0.2, 0.25) is 5.78 Å². The molecule has 3 N–H and O–H groups in total. The summed E-state index contributed by atoms with van der Waals surface area (Å²) in [6, 6.07) is 14.1. The maximum atomic E-state index is 12.5. The first-order valence-corrected chi connectivity index (χ1v) is 8.02. The van der Waals surface area contributed by atoms with Crippen molar-refractivity contribution in [1.82, 2.24) is 4.98 Å². The Labute approximate surface area is 139 Å². The van der Waals surface area contributed by atoms with Crippen molar-refractivity contribution in [2.75, 3.05) is 5.73 Å². The molecule has 0 bridgehead atoms. The van der Waals surface area contributed by atoms with E-state index in [0.717, 1.165) is 16.9 Å². The molecule has 1 heterocycles. The van der Waals surface area contributed by atoms with E-state index in [1.807, 2.05) is 30.3 Å². The summed E-state index contributed by atoms with van der Waals surface area (Å²) >= 11 is 4.41. The molecule has 0 radical (unpaired) electrons. The van der Waals surface area contributed by atoms with Gasteiger partial charge in [-0.1, -0.05) is 57.6 Å². The van der Waals surface area contributed by atoms with Crippen LogP contribution >= 0.6 is 27.3 Å². The van der Waals surface area contributed by atoms with Crippen molar-refractivity contribution in [1.29, 1.82) is 0 Å². The van der Waals surface area contributed by atoms with Crippen LogP contribution in [0, 0.1) is 0 Å². The number of hydrogen-bond acceptors (Lipinski definition) is 5. The zero-order valence-corrected chi connectivity index (χ0v) is 13.7. The number of carbonyl (C=O) groups excluding carboxylic acids is 1. The fraction of sp³-hybridized carbons (Fsp3) is 0. The highest BCUT2D eigenvalue weighted by molar-refractivity contribution is 9.10. The van der Waals surface area contributed by atoms with Crippen molar-refractivity contribution in [2.45, 2.75) is 0 Å². The first kappa shape index (κ1) is 14.7. The summed E-state index contributed by atoms with van der Waals surface area (Å²) in [6.07, 6.45) is 0. The predicted molar refractivity (Wildman–Crippen MR) is 91.2 cm³/mol. The van der Waals surface area contributed by atoms with Crippen LogP contribution in [0.5, 0.6) is 5.75 Å². The lowest BCUT2D eigenvalue weighted by molar-refractivity contribution is 0.103. The van der Waals surface area contributed by atoms with E-state index in [-0.39, 0.29) is 22.1 Å². The Hall–Kier alpha value is -2.18. The molecule has 0 spiro atoms. The Morgan fingerprint density at radius 2 is 1.91 bits per heavy atom. The molecule has 1 aromatic heterocycles. The van der Waals surface area contributed by atoms with Gasteiger partial charge in [0, 0.05) is 10.0 Å². The molecular weight excluding hydrogens is 364 g/mol. The van der Waals surface area contributed by atoms with Gasteiger partial charge in [0.05, 0.1) is 5.56 Å². The maximum absolute atomic E-state index is 12.5. The lowest BCUT2D eigenvalue weighted by Crippen LogP contribution is -2.01. The zero-order chi connectivity index (χ0) is 15.7. The van der Waals surface area contributed by atoms with Crippen LogP contribution in [0.4, 0.5) is 5.00 Å². The number of nitrogen functional groups attached to an aromatic ring is 1. The molecule has 0 saturated heterocycles. The van der Waals surface area contributed by atoms with Crippen molar-refractivity contribution in [3.05, 3.63) is 63.6 Å². The summed E-state index contributed by atoms with van der Waals surface area (Å²) in [5.74, 6) is -0.430. The minimum atomic E-state index is -0.349. The summed E-state index contributed by atoms with van der Waals surface area (Å²) < 4.78 is 0.710. The summed E-state index contributed by atoms with van der Waals surface area (Å²) in [5.41, 5.74) is 7.63. The van der Waals surface area contributed by atoms with Gasteiger partial charge in [-0.2, -0.15) is 0 Å². The Bertz CT molecular complexity index is 847. The normalized spacial score (nSPS) is 10.6. The SMILES string of the molecule is Nc1sc(C(=O)c2cc(Br)ccc2O)nc1-c1ccccc1. The molecule has 0 aliphatic carbocycles. The first-order valence-electron chi connectivity index (χ1n) is 6.41. The lowest BCUT2D eigenvalue weighted by atomic mass is 10.1. The number of nitrogens with zero attached hydrogens (tertiary/aromatic N) is 1. The number of nitrogens with two attached hydrogens (primary N) is 1. The number of anilines is 1. The molecule has 22 heavy (non-hydrogen) atoms. The van der Waals surface area contributed by atoms with Crippen molar-refractivity contribution in [3.63, 3.8) is 0 Å². The van der Waals surface area contributed by atoms with Gasteiger partial charge in [0.25, 0.3) is 0 Å². The van der Waals surface area contributed by atoms with Crippen molar-refractivity contribution in [3.8, 4) is 17.0 Å². The predicted octanol–water partition coefficient (Wildman–Crippen LogP) is 4.09. The second-order valence-corrected chi connectivity index (χ2v) is 6.53. The van der Waals surface area contributed by atoms with Crippen LogP contribution in [0.3, 0.4) is 0 Å². The molecule has 0 saturated carbocycles. The van der Waals surface area contributed by atoms with Gasteiger partial charge in [-0.15, -0.1) is 0 Å². The smallest absolute Gasteiger partial charge is 0.225 e. The molecule has 3 aromatic rings. The summed E-state index contributed by atoms with van der Waals surface area (Å²) in [4.78, 5) is 16.9. The summed E-state index contributed by atoms with van der Waals surface area (Å²) in [6.45, 7) is 0. The molecule has 0 unspecified atom stereocenters. The van der Waals surface area contributed by atoms with E-state index < -0.39 is 0 Å². The van der Waals surface area contributed by atoms with Crippen molar-refractivity contribution in [2.24, 2.45) is 0 Å². The Morgan fingerprint density at radius 1 is 1.18 bits per heavy atom. The summed E-state index contributed by atoms with van der Waals surface area (Å²) in [5, 5.41) is 10.6. The van der Waals surface area contributed by atoms with Crippen LogP contribution < -0.4 is 5.73 Å². The second kappa shape index (κ2) is 5.90. The molecule has 0 aliphatic rings. The number of benzene rings is 2. The van der Waals surface area contributed by atoms with E-state index in [2.05, 4.69) is 20.9 Å². The number of thiazole rings is 1. The number of aromatic nitrogens is 1. The van der Waals surface area contributed by atoms with E-state index in [9.17, 15) is 9.90 Å². The molecular formula is C16H11BrN2O2S. The minimum Gasteiger partial charge on any atom is -0.507 e. The van der Waals surface area contributed by atoms with Crippen LogP contribution in [0.2, 0.25) is 0 Å². The average molecular weight is 375 g/mol. The number of phenolic OH excluding ortho intramolecular Hbond substituents is 1. The molecule has 6 heteroatoms. The van der Waals surface area contributed by atoms with Gasteiger partial charge in [0.1, 0.15) is 16.4 Å². The van der Waals surface area contributed by atoms with E-state index in [1.165, 1.54) is 6.07 Å². The van der Waals surface area contributed by atoms with Gasteiger partial charge in [-0.3, -0.25) is 4.79 Å². The Kier molecular flexibility index (Phi) is 3.96. The van der Waals surface area contributed by atoms with Crippen LogP contribution in [0.25, 0.3) is 11.3 Å². The molecule has 0 fully saturated rings. The minimum absolute atomic E-state index is 0.0803. The highest BCUT2D eigenvalue weighted by Gasteiger charge is 2.20. The first-order chi connectivity index (χ1) is 10.6. The highest BCUT2D eigenvalue weighted by atomic mass is 79.9. The van der Waals surface area contributed by atoms with E-state index in [0.29, 0.717) is 15.2 Å². The van der Waals surface area contributed by atoms with Gasteiger partial charge in [-0.25, -0.2) is 4.98 Å². The largest absolute Gasteiger partial charge is 0.507 e. The molecule has 0 amide bonds. The van der Waals surface area contributed by atoms with E-state index in [4.69, 9.17) is 5.73 Å². The lowest BCUT2D eigenvalue weighted by Gasteiger charge is -2.01. The third-order valence-corrected chi connectivity index (χ3v) is 4.47. The number of aromatic hydroxyl groups is 1. The quantitative estimate of drug-likeness (QED) is 0.676. The molecule has 0 aliphatic heterocycles. The molecule has 0 atom stereocenters. The zero-order valence-electron chi connectivity index (χ0n) is 11.3. The third-order valence-electron chi connectivity index (χ3n) is 3.10. The van der Waals surface area contributed by atoms with Crippen LogP contribution in [-0.2, 0) is 0 Å². The fourth-order valence-electron chi connectivity index (χ4n) is 2.04. The topological polar surface area (TPSA) is 76.2 Å². The Morgan fingerprint density at radius 3 is 2.64 bits per heavy atom. The molecule has 110 valence electrons. The number of rotatable bonds is 3. The number of ketones is 1. The van der Waals surface area contributed by atoms with E-state index in [1.54, 1.807) is 12.1 Å². The highest BCUT2D eigenvalue weighted by Crippen LogP contribution is 2.33. The monoisotopic (exact) mass is 374 g/mol. The molecule has 4 nitrogen and oxygen atoms in total. The fourth-order valence-corrected chi connectivity index (χ4v) is 3.21. The van der Waals surface area contributed by atoms with Crippen molar-refractivity contribution >= 4 is 38.1 Å². The number of phenols is 1. The van der Waals surface area contributed by atoms with E-state index >= 15 is 0 Å². The van der Waals surface area contributed by atoms with Crippen LogP contribution in [-0.4, -0.2) is 15.9 Å². The van der Waals surface area contributed by atoms with Crippen LogP contribution in [0.15, 0.2) is 53.0 Å². The number of carbonyl (C=O) groups is 1. The standard InChI is InChI=1S/C16H11BrN2O2S/c17-10-6-7-12(20)11(8-10)14(21)16-19-13(15(18)22-16)9-4-2-1-3-5-9/h1-8,20H,18H2. The van der Waals surface area contributed by atoms with Gasteiger partial charge in [-0.05, 0) is 18.2 Å². The molecule has 2 aromatic carbocycles. The van der Waals surface area contributed by atoms with Gasteiger partial charge in [0.15, 0.2) is 5.01 Å². The summed E-state index contributed by atoms with van der Waals surface area (Å²) in [7, 11) is 0. The maximum Gasteiger partial charge on any atom is 0.225 e. The number of hydrogen-bond donors (Lipinski definition) is 2. The van der Waals surface area contributed by atoms with Crippen molar-refractivity contribution < 1.29 is 9.90 Å². The molecule has 3 rings (SSSR count). The second-order valence-electron chi connectivity index (χ2n) is 4.59. The van der Waals surface area contributed by atoms with Gasteiger partial charge >= 0.3 is 0 Å². The average Bonchev–Trinajstić information content (AvgIpc) is 2.92. The van der Waals surface area contributed by atoms with Gasteiger partial charge < -0.3 is 10.8 Å². The Balaban J connectivity index is 2.03. The third kappa shape index (κ3) is 2.75. The van der Waals surface area contributed by atoms with Crippen LogP contribution in [0.1, 0.15) is 15.4 Å².